The Morgan fingerprint density at radius 3 is 2.47 bits per heavy atom. The molecule has 1 aromatic rings. The molecule has 0 fully saturated rings. The molecule has 0 saturated carbocycles. The van der Waals surface area contributed by atoms with E-state index in [0.29, 0.717) is 23.5 Å². The largest absolute Gasteiger partial charge is 0.207 e. The Labute approximate surface area is 102 Å². The lowest BCUT2D eigenvalue weighted by Crippen LogP contribution is -2.30. The maximum absolute atomic E-state index is 14.1. The molecule has 0 radical (unpaired) electrons. The molecule has 1 atom stereocenters. The van der Waals surface area contributed by atoms with Crippen molar-refractivity contribution in [3.8, 4) is 0 Å². The van der Waals surface area contributed by atoms with E-state index >= 15 is 0 Å². The summed E-state index contributed by atoms with van der Waals surface area (Å²) < 4.78 is 27.8. The summed E-state index contributed by atoms with van der Waals surface area (Å²) in [5.74, 6) is -0.110. The average Bonchev–Trinajstić information content (AvgIpc) is 2.66. The predicted octanol–water partition coefficient (Wildman–Crippen LogP) is 4.60. The van der Waals surface area contributed by atoms with Crippen LogP contribution in [0.25, 0.3) is 0 Å². The minimum absolute atomic E-state index is 0.156. The van der Waals surface area contributed by atoms with Crippen molar-refractivity contribution in [3.05, 3.63) is 34.9 Å². The van der Waals surface area contributed by atoms with Gasteiger partial charge in [-0.15, -0.1) is 0 Å². The first-order valence-electron chi connectivity index (χ1n) is 6.50. The number of hydrogen-bond acceptors (Lipinski definition) is 0. The molecular formula is C15H20F2. The van der Waals surface area contributed by atoms with E-state index in [9.17, 15) is 8.78 Å². The van der Waals surface area contributed by atoms with Gasteiger partial charge in [0, 0.05) is 11.0 Å². The number of rotatable bonds is 3. The molecule has 2 heteroatoms. The second kappa shape index (κ2) is 4.40. The minimum Gasteiger partial charge on any atom is -0.207 e. The molecule has 0 aromatic heterocycles. The second-order valence-electron chi connectivity index (χ2n) is 5.44. The highest BCUT2D eigenvalue weighted by molar-refractivity contribution is 5.42. The summed E-state index contributed by atoms with van der Waals surface area (Å²) in [6.07, 6.45) is 3.51. The van der Waals surface area contributed by atoms with Gasteiger partial charge in [0.25, 0.3) is 0 Å². The fourth-order valence-electron chi connectivity index (χ4n) is 3.41. The van der Waals surface area contributed by atoms with Crippen LogP contribution < -0.4 is 0 Å². The summed E-state index contributed by atoms with van der Waals surface area (Å²) in [7, 11) is 0. The van der Waals surface area contributed by atoms with Gasteiger partial charge >= 0.3 is 0 Å². The third kappa shape index (κ3) is 1.78. The van der Waals surface area contributed by atoms with Gasteiger partial charge in [-0.1, -0.05) is 27.2 Å². The molecule has 0 nitrogen and oxygen atoms in total. The zero-order valence-electron chi connectivity index (χ0n) is 10.8. The van der Waals surface area contributed by atoms with Crippen LogP contribution in [0.4, 0.5) is 8.78 Å². The van der Waals surface area contributed by atoms with Gasteiger partial charge in [0.1, 0.15) is 11.6 Å². The van der Waals surface area contributed by atoms with Crippen LogP contribution in [0.1, 0.15) is 51.2 Å². The van der Waals surface area contributed by atoms with Crippen molar-refractivity contribution in [2.24, 2.45) is 5.92 Å². The van der Waals surface area contributed by atoms with Crippen LogP contribution in [-0.4, -0.2) is 0 Å². The van der Waals surface area contributed by atoms with E-state index in [0.717, 1.165) is 19.3 Å². The Morgan fingerprint density at radius 1 is 1.24 bits per heavy atom. The summed E-state index contributed by atoms with van der Waals surface area (Å²) >= 11 is 0. The molecule has 0 N–H and O–H groups in total. The third-order valence-electron chi connectivity index (χ3n) is 4.33. The Kier molecular flexibility index (Phi) is 3.24. The quantitative estimate of drug-likeness (QED) is 0.721. The standard InChI is InChI=1S/C15H20F2/c1-4-8-15(10(2)3)9-7-11-12(16)5-6-13(17)14(11)15/h5-6,10H,4,7-9H2,1-3H3. The van der Waals surface area contributed by atoms with Crippen molar-refractivity contribution in [1.82, 2.24) is 0 Å². The van der Waals surface area contributed by atoms with Crippen LogP contribution in [0.3, 0.4) is 0 Å². The zero-order valence-corrected chi connectivity index (χ0v) is 10.8. The van der Waals surface area contributed by atoms with Crippen LogP contribution in [0.2, 0.25) is 0 Å². The lowest BCUT2D eigenvalue weighted by molar-refractivity contribution is 0.272. The van der Waals surface area contributed by atoms with Crippen molar-refractivity contribution in [3.63, 3.8) is 0 Å². The van der Waals surface area contributed by atoms with Crippen molar-refractivity contribution in [1.29, 1.82) is 0 Å². The molecule has 94 valence electrons. The molecule has 0 amide bonds. The van der Waals surface area contributed by atoms with Crippen LogP contribution in [0, 0.1) is 17.6 Å². The Hall–Kier alpha value is -0.920. The van der Waals surface area contributed by atoms with E-state index in [4.69, 9.17) is 0 Å². The highest BCUT2D eigenvalue weighted by Crippen LogP contribution is 2.49. The summed E-state index contributed by atoms with van der Waals surface area (Å²) in [5, 5.41) is 0. The van der Waals surface area contributed by atoms with Crippen LogP contribution >= 0.6 is 0 Å². The lowest BCUT2D eigenvalue weighted by atomic mass is 9.69. The van der Waals surface area contributed by atoms with Crippen molar-refractivity contribution < 1.29 is 8.78 Å². The van der Waals surface area contributed by atoms with Crippen LogP contribution in [0.15, 0.2) is 12.1 Å². The monoisotopic (exact) mass is 238 g/mol. The van der Waals surface area contributed by atoms with Crippen LogP contribution in [0.5, 0.6) is 0 Å². The molecule has 0 saturated heterocycles. The van der Waals surface area contributed by atoms with Gasteiger partial charge in [0.05, 0.1) is 0 Å². The van der Waals surface area contributed by atoms with Gasteiger partial charge in [-0.3, -0.25) is 0 Å². The van der Waals surface area contributed by atoms with Crippen molar-refractivity contribution in [2.45, 2.75) is 51.9 Å². The SMILES string of the molecule is CCCC1(C(C)C)CCc2c(F)ccc(F)c21. The highest BCUT2D eigenvalue weighted by Gasteiger charge is 2.43. The molecule has 1 aliphatic rings. The molecule has 0 heterocycles. The summed E-state index contributed by atoms with van der Waals surface area (Å²) in [4.78, 5) is 0. The van der Waals surface area contributed by atoms with Gasteiger partial charge in [0.2, 0.25) is 0 Å². The summed E-state index contributed by atoms with van der Waals surface area (Å²) in [6, 6.07) is 2.54. The number of benzene rings is 1. The molecule has 0 spiro atoms. The maximum atomic E-state index is 14.1. The van der Waals surface area contributed by atoms with E-state index in [-0.39, 0.29) is 17.0 Å². The highest BCUT2D eigenvalue weighted by atomic mass is 19.1. The maximum Gasteiger partial charge on any atom is 0.127 e. The molecular weight excluding hydrogens is 218 g/mol. The minimum atomic E-state index is -0.236. The number of halogens is 2. The first kappa shape index (κ1) is 12.5. The molecule has 1 unspecified atom stereocenters. The average molecular weight is 238 g/mol. The van der Waals surface area contributed by atoms with Gasteiger partial charge in [-0.05, 0) is 42.9 Å². The summed E-state index contributed by atoms with van der Waals surface area (Å²) in [6.45, 7) is 6.35. The van der Waals surface area contributed by atoms with Gasteiger partial charge < -0.3 is 0 Å². The topological polar surface area (TPSA) is 0 Å². The smallest absolute Gasteiger partial charge is 0.127 e. The fourth-order valence-corrected chi connectivity index (χ4v) is 3.41. The van der Waals surface area contributed by atoms with Crippen molar-refractivity contribution >= 4 is 0 Å². The Morgan fingerprint density at radius 2 is 1.88 bits per heavy atom. The molecule has 0 bridgehead atoms. The molecule has 1 aromatic carbocycles. The van der Waals surface area contributed by atoms with Gasteiger partial charge in [-0.25, -0.2) is 8.78 Å². The van der Waals surface area contributed by atoms with E-state index in [1.165, 1.54) is 12.1 Å². The van der Waals surface area contributed by atoms with Crippen molar-refractivity contribution in [2.75, 3.05) is 0 Å². The molecule has 2 rings (SSSR count). The molecule has 0 aliphatic heterocycles. The molecule has 1 aliphatic carbocycles. The van der Waals surface area contributed by atoms with Gasteiger partial charge in [0.15, 0.2) is 0 Å². The zero-order chi connectivity index (χ0) is 12.6. The fraction of sp³-hybridized carbons (Fsp3) is 0.600. The van der Waals surface area contributed by atoms with Gasteiger partial charge in [-0.2, -0.15) is 0 Å². The first-order valence-corrected chi connectivity index (χ1v) is 6.50. The first-order chi connectivity index (χ1) is 8.03. The lowest BCUT2D eigenvalue weighted by Gasteiger charge is -2.35. The van der Waals surface area contributed by atoms with E-state index in [1.807, 2.05) is 0 Å². The third-order valence-corrected chi connectivity index (χ3v) is 4.33. The Balaban J connectivity index is 2.60. The predicted molar refractivity (Wildman–Crippen MR) is 66.1 cm³/mol. The second-order valence-corrected chi connectivity index (χ2v) is 5.44. The number of hydrogen-bond donors (Lipinski definition) is 0. The summed E-state index contributed by atoms with van der Waals surface area (Å²) in [5.41, 5.74) is 1.12. The Bertz CT molecular complexity index is 423. The van der Waals surface area contributed by atoms with E-state index in [1.54, 1.807) is 0 Å². The van der Waals surface area contributed by atoms with E-state index in [2.05, 4.69) is 20.8 Å². The van der Waals surface area contributed by atoms with E-state index < -0.39 is 0 Å². The van der Waals surface area contributed by atoms with Crippen LogP contribution in [-0.2, 0) is 11.8 Å². The molecule has 17 heavy (non-hydrogen) atoms. The normalized spacial score (nSPS) is 23.2. The number of fused-ring (bicyclic) bond motifs is 1.